The molecule has 0 radical (unpaired) electrons. The molecule has 2 atom stereocenters. The summed E-state index contributed by atoms with van der Waals surface area (Å²) < 4.78 is 5.34. The first-order valence-corrected chi connectivity index (χ1v) is 5.91. The van der Waals surface area contributed by atoms with Gasteiger partial charge >= 0.3 is 0 Å². The van der Waals surface area contributed by atoms with Crippen molar-refractivity contribution in [2.45, 2.75) is 32.0 Å². The van der Waals surface area contributed by atoms with Crippen LogP contribution >= 0.6 is 0 Å². The molecule has 2 unspecified atom stereocenters. The molecule has 0 aromatic heterocycles. The van der Waals surface area contributed by atoms with Gasteiger partial charge in [0.2, 0.25) is 0 Å². The summed E-state index contributed by atoms with van der Waals surface area (Å²) in [4.78, 5) is 25.4. The highest BCUT2D eigenvalue weighted by Gasteiger charge is 2.47. The number of carbonyl (C=O) groups is 2. The van der Waals surface area contributed by atoms with Gasteiger partial charge in [0.1, 0.15) is 18.0 Å². The number of amides is 2. The first-order chi connectivity index (χ1) is 8.58. The molecule has 0 aliphatic carbocycles. The van der Waals surface area contributed by atoms with Crippen LogP contribution in [0.1, 0.15) is 18.4 Å². The Hall–Kier alpha value is -1.88. The Labute approximate surface area is 104 Å². The van der Waals surface area contributed by atoms with E-state index in [9.17, 15) is 14.7 Å². The Bertz CT molecular complexity index is 518. The number of morpholine rings is 1. The highest BCUT2D eigenvalue weighted by molar-refractivity contribution is 6.19. The van der Waals surface area contributed by atoms with Crippen molar-refractivity contribution >= 4 is 17.5 Å². The van der Waals surface area contributed by atoms with Gasteiger partial charge in [-0.15, -0.1) is 0 Å². The normalized spacial score (nSPS) is 26.8. The van der Waals surface area contributed by atoms with Gasteiger partial charge in [0.05, 0.1) is 5.69 Å². The van der Waals surface area contributed by atoms with Gasteiger partial charge in [0, 0.05) is 0 Å². The number of aromatic hydroxyl groups is 1. The predicted molar refractivity (Wildman–Crippen MR) is 63.2 cm³/mol. The van der Waals surface area contributed by atoms with Crippen LogP contribution in [0.25, 0.3) is 0 Å². The third kappa shape index (κ3) is 1.51. The molecular formula is C13H13NO4. The van der Waals surface area contributed by atoms with E-state index in [1.54, 1.807) is 19.1 Å². The van der Waals surface area contributed by atoms with Crippen LogP contribution in [0.4, 0.5) is 5.69 Å². The summed E-state index contributed by atoms with van der Waals surface area (Å²) in [5.74, 6) is -0.465. The molecule has 2 bridgehead atoms. The Morgan fingerprint density at radius 3 is 2.39 bits per heavy atom. The van der Waals surface area contributed by atoms with E-state index in [0.717, 1.165) is 0 Å². The van der Waals surface area contributed by atoms with E-state index in [1.165, 1.54) is 11.0 Å². The molecule has 2 aliphatic rings. The molecule has 0 saturated carbocycles. The number of imide groups is 1. The third-order valence-corrected chi connectivity index (χ3v) is 3.45. The minimum atomic E-state index is -0.498. The molecule has 5 nitrogen and oxygen atoms in total. The van der Waals surface area contributed by atoms with Crippen LogP contribution in [0.5, 0.6) is 5.75 Å². The van der Waals surface area contributed by atoms with Crippen molar-refractivity contribution in [3.8, 4) is 5.75 Å². The van der Waals surface area contributed by atoms with Gasteiger partial charge in [-0.2, -0.15) is 0 Å². The van der Waals surface area contributed by atoms with Gasteiger partial charge in [0.25, 0.3) is 11.8 Å². The summed E-state index contributed by atoms with van der Waals surface area (Å²) in [6.45, 7) is 1.73. The first kappa shape index (κ1) is 11.2. The minimum Gasteiger partial charge on any atom is -0.508 e. The lowest BCUT2D eigenvalue weighted by atomic mass is 10.1. The van der Waals surface area contributed by atoms with Gasteiger partial charge in [-0.1, -0.05) is 0 Å². The van der Waals surface area contributed by atoms with Crippen LogP contribution in [0.15, 0.2) is 18.2 Å². The number of carbonyl (C=O) groups excluding carboxylic acids is 2. The van der Waals surface area contributed by atoms with E-state index >= 15 is 0 Å². The average Bonchev–Trinajstić information content (AvgIpc) is 2.78. The first-order valence-electron chi connectivity index (χ1n) is 5.91. The van der Waals surface area contributed by atoms with Crippen LogP contribution in [0.3, 0.4) is 0 Å². The molecule has 1 aromatic carbocycles. The molecule has 1 N–H and O–H groups in total. The number of phenolic OH excluding ortho intramolecular Hbond substituents is 1. The van der Waals surface area contributed by atoms with E-state index in [0.29, 0.717) is 24.1 Å². The summed E-state index contributed by atoms with van der Waals surface area (Å²) in [7, 11) is 0. The monoisotopic (exact) mass is 247 g/mol. The molecular weight excluding hydrogens is 234 g/mol. The molecule has 2 saturated heterocycles. The van der Waals surface area contributed by atoms with Gasteiger partial charge in [-0.25, -0.2) is 4.90 Å². The van der Waals surface area contributed by atoms with Crippen LogP contribution in [-0.4, -0.2) is 29.1 Å². The second-order valence-electron chi connectivity index (χ2n) is 4.67. The zero-order valence-corrected chi connectivity index (χ0v) is 9.92. The topological polar surface area (TPSA) is 66.8 Å². The van der Waals surface area contributed by atoms with Crippen molar-refractivity contribution in [1.82, 2.24) is 0 Å². The SMILES string of the molecule is Cc1cc(N2C(=O)C3CCC(O3)C2=O)ccc1O. The van der Waals surface area contributed by atoms with Crippen molar-refractivity contribution in [2.75, 3.05) is 4.90 Å². The lowest BCUT2D eigenvalue weighted by molar-refractivity contribution is -0.146. The number of phenols is 1. The Kier molecular flexibility index (Phi) is 2.38. The number of fused-ring (bicyclic) bond motifs is 2. The molecule has 2 amide bonds. The number of hydrogen-bond acceptors (Lipinski definition) is 4. The fourth-order valence-corrected chi connectivity index (χ4v) is 2.43. The molecule has 18 heavy (non-hydrogen) atoms. The van der Waals surface area contributed by atoms with Crippen LogP contribution < -0.4 is 4.90 Å². The van der Waals surface area contributed by atoms with E-state index in [-0.39, 0.29) is 17.6 Å². The number of ether oxygens (including phenoxy) is 1. The summed E-state index contributed by atoms with van der Waals surface area (Å²) in [6.07, 6.45) is 0.203. The number of anilines is 1. The average molecular weight is 247 g/mol. The third-order valence-electron chi connectivity index (χ3n) is 3.45. The van der Waals surface area contributed by atoms with Gasteiger partial charge in [-0.3, -0.25) is 9.59 Å². The molecule has 94 valence electrons. The lowest BCUT2D eigenvalue weighted by Gasteiger charge is -2.30. The summed E-state index contributed by atoms with van der Waals surface area (Å²) in [5.41, 5.74) is 1.13. The predicted octanol–water partition coefficient (Wildman–Crippen LogP) is 1.12. The highest BCUT2D eigenvalue weighted by atomic mass is 16.5. The molecule has 5 heteroatoms. The maximum absolute atomic E-state index is 12.1. The van der Waals surface area contributed by atoms with Crippen LogP contribution in [0.2, 0.25) is 0 Å². The quantitative estimate of drug-likeness (QED) is 0.755. The maximum atomic E-state index is 12.1. The molecule has 3 rings (SSSR count). The number of rotatable bonds is 1. The Morgan fingerprint density at radius 1 is 1.22 bits per heavy atom. The summed E-state index contributed by atoms with van der Waals surface area (Å²) in [5, 5.41) is 9.48. The van der Waals surface area contributed by atoms with Crippen molar-refractivity contribution < 1.29 is 19.4 Å². The number of aryl methyl sites for hydroxylation is 1. The highest BCUT2D eigenvalue weighted by Crippen LogP contribution is 2.33. The Balaban J connectivity index is 2.02. The molecule has 2 fully saturated rings. The fraction of sp³-hybridized carbons (Fsp3) is 0.385. The van der Waals surface area contributed by atoms with E-state index in [1.807, 2.05) is 0 Å². The standard InChI is InChI=1S/C13H13NO4/c1-7-6-8(2-3-9(7)15)14-12(16)10-4-5-11(18-10)13(14)17/h2-3,6,10-11,15H,4-5H2,1H3. The Morgan fingerprint density at radius 2 is 1.83 bits per heavy atom. The lowest BCUT2D eigenvalue weighted by Crippen LogP contribution is -2.52. The minimum absolute atomic E-state index is 0.148. The van der Waals surface area contributed by atoms with Gasteiger partial charge in [0.15, 0.2) is 0 Å². The molecule has 1 aromatic rings. The van der Waals surface area contributed by atoms with Crippen LogP contribution in [-0.2, 0) is 14.3 Å². The van der Waals surface area contributed by atoms with Crippen molar-refractivity contribution in [3.05, 3.63) is 23.8 Å². The van der Waals surface area contributed by atoms with E-state index in [4.69, 9.17) is 4.74 Å². The van der Waals surface area contributed by atoms with Crippen molar-refractivity contribution in [1.29, 1.82) is 0 Å². The molecule has 2 aliphatic heterocycles. The zero-order valence-electron chi connectivity index (χ0n) is 9.92. The second-order valence-corrected chi connectivity index (χ2v) is 4.67. The van der Waals surface area contributed by atoms with E-state index in [2.05, 4.69) is 0 Å². The maximum Gasteiger partial charge on any atom is 0.262 e. The van der Waals surface area contributed by atoms with Crippen molar-refractivity contribution in [3.63, 3.8) is 0 Å². The molecule has 2 heterocycles. The number of hydrogen-bond donors (Lipinski definition) is 1. The largest absolute Gasteiger partial charge is 0.508 e. The van der Waals surface area contributed by atoms with Crippen LogP contribution in [0, 0.1) is 6.92 Å². The van der Waals surface area contributed by atoms with Crippen molar-refractivity contribution in [2.24, 2.45) is 0 Å². The fourth-order valence-electron chi connectivity index (χ4n) is 2.43. The number of benzene rings is 1. The second kappa shape index (κ2) is 3.81. The number of nitrogens with zero attached hydrogens (tertiary/aromatic N) is 1. The van der Waals surface area contributed by atoms with E-state index < -0.39 is 12.2 Å². The summed E-state index contributed by atoms with van der Waals surface area (Å²) in [6, 6.07) is 4.70. The van der Waals surface area contributed by atoms with Gasteiger partial charge in [-0.05, 0) is 43.5 Å². The van der Waals surface area contributed by atoms with Gasteiger partial charge < -0.3 is 9.84 Å². The smallest absolute Gasteiger partial charge is 0.262 e. The summed E-state index contributed by atoms with van der Waals surface area (Å²) >= 11 is 0. The zero-order chi connectivity index (χ0) is 12.9. The molecule has 0 spiro atoms.